The van der Waals surface area contributed by atoms with Crippen molar-refractivity contribution in [2.45, 2.75) is 102 Å². The summed E-state index contributed by atoms with van der Waals surface area (Å²) in [5.41, 5.74) is 18.4. The number of para-hydroxylation sites is 2. The zero-order valence-electron chi connectivity index (χ0n) is 41.8. The molecule has 2 saturated carbocycles. The maximum absolute atomic E-state index is 2.69. The molecule has 2 nitrogen and oxygen atoms in total. The lowest BCUT2D eigenvalue weighted by atomic mass is 9.59. The van der Waals surface area contributed by atoms with Crippen LogP contribution in [0.3, 0.4) is 0 Å². The Labute approximate surface area is 415 Å². The summed E-state index contributed by atoms with van der Waals surface area (Å²) in [6.45, 7) is 15.1. The first-order valence-electron chi connectivity index (χ1n) is 26.1. The van der Waals surface area contributed by atoms with Gasteiger partial charge < -0.3 is 9.80 Å². The highest BCUT2D eigenvalue weighted by atomic mass is 15.3. The number of hydrogen-bond donors (Lipinski definition) is 0. The van der Waals surface area contributed by atoms with Crippen molar-refractivity contribution in [3.63, 3.8) is 0 Å². The molecule has 2 aliphatic carbocycles. The molecule has 2 aliphatic heterocycles. The van der Waals surface area contributed by atoms with E-state index in [2.05, 4.69) is 245 Å². The number of benzene rings is 9. The topological polar surface area (TPSA) is 6.48 Å². The summed E-state index contributed by atoms with van der Waals surface area (Å²) in [5.74, 6) is 1.36. The highest BCUT2D eigenvalue weighted by Crippen LogP contribution is 2.64. The summed E-state index contributed by atoms with van der Waals surface area (Å²) in [6, 6.07) is 74.0. The quantitative estimate of drug-likeness (QED) is 0.153. The summed E-state index contributed by atoms with van der Waals surface area (Å²) in [4.78, 5) is 5.38. The van der Waals surface area contributed by atoms with Crippen LogP contribution in [0.1, 0.15) is 91.2 Å². The molecule has 2 fully saturated rings. The fourth-order valence-corrected chi connectivity index (χ4v) is 14.8. The van der Waals surface area contributed by atoms with Gasteiger partial charge in [0.25, 0.3) is 0 Å². The van der Waals surface area contributed by atoms with E-state index in [1.54, 1.807) is 0 Å². The van der Waals surface area contributed by atoms with Gasteiger partial charge in [0, 0.05) is 33.6 Å². The van der Waals surface area contributed by atoms with Gasteiger partial charge in [0.05, 0.1) is 11.1 Å². The predicted octanol–water partition coefficient (Wildman–Crippen LogP) is 18.6. The molecule has 0 amide bonds. The first kappa shape index (κ1) is 43.1. The van der Waals surface area contributed by atoms with E-state index in [0.29, 0.717) is 11.8 Å². The summed E-state index contributed by atoms with van der Waals surface area (Å²) in [6.07, 6.45) is 7.22. The second-order valence-corrected chi connectivity index (χ2v) is 22.7. The van der Waals surface area contributed by atoms with Crippen LogP contribution in [0.15, 0.2) is 194 Å². The Bertz CT molecular complexity index is 3260. The molecule has 6 atom stereocenters. The molecule has 0 aromatic heterocycles. The van der Waals surface area contributed by atoms with Crippen LogP contribution in [0.25, 0.3) is 66.1 Å². The highest BCUT2D eigenvalue weighted by molar-refractivity contribution is 6.22. The third kappa shape index (κ3) is 6.17. The molecular weight excluding hydrogens is 845 g/mol. The van der Waals surface area contributed by atoms with Crippen molar-refractivity contribution in [2.75, 3.05) is 9.80 Å². The minimum atomic E-state index is -0.0192. The van der Waals surface area contributed by atoms with E-state index < -0.39 is 0 Å². The molecule has 0 spiro atoms. The lowest BCUT2D eigenvalue weighted by Gasteiger charge is -2.52. The Hall–Kier alpha value is -6.90. The molecule has 0 N–H and O–H groups in total. The summed E-state index contributed by atoms with van der Waals surface area (Å²) >= 11 is 0. The number of fused-ring (bicyclic) bond motifs is 8. The molecule has 9 aromatic rings. The first-order chi connectivity index (χ1) is 34.0. The van der Waals surface area contributed by atoms with Crippen LogP contribution in [0, 0.1) is 11.8 Å². The molecule has 346 valence electrons. The molecule has 4 aliphatic rings. The van der Waals surface area contributed by atoms with Crippen LogP contribution in [0.5, 0.6) is 0 Å². The fraction of sp³-hybridized carbons (Fsp3) is 0.265. The van der Waals surface area contributed by atoms with Crippen molar-refractivity contribution in [1.82, 2.24) is 0 Å². The minimum absolute atomic E-state index is 0.0192. The molecule has 0 radical (unpaired) electrons. The number of hydrogen-bond acceptors (Lipinski definition) is 2. The van der Waals surface area contributed by atoms with Gasteiger partial charge in [0.2, 0.25) is 0 Å². The van der Waals surface area contributed by atoms with Gasteiger partial charge in [0.15, 0.2) is 0 Å². The summed E-state index contributed by atoms with van der Waals surface area (Å²) < 4.78 is 0. The van der Waals surface area contributed by atoms with Crippen molar-refractivity contribution in [3.8, 4) is 44.5 Å². The maximum Gasteiger partial charge on any atom is 0.0520 e. The van der Waals surface area contributed by atoms with Crippen LogP contribution in [0.2, 0.25) is 0 Å². The van der Waals surface area contributed by atoms with Gasteiger partial charge >= 0.3 is 0 Å². The van der Waals surface area contributed by atoms with Gasteiger partial charge in [-0.3, -0.25) is 0 Å². The smallest absolute Gasteiger partial charge is 0.0520 e. The lowest BCUT2D eigenvalue weighted by Crippen LogP contribution is -2.56. The van der Waals surface area contributed by atoms with Crippen molar-refractivity contribution < 1.29 is 0 Å². The average molecular weight is 909 g/mol. The number of nitrogens with zero attached hydrogens (tertiary/aromatic N) is 2. The highest BCUT2D eigenvalue weighted by Gasteiger charge is 2.60. The Kier molecular flexibility index (Phi) is 9.74. The van der Waals surface area contributed by atoms with Crippen LogP contribution in [0.4, 0.5) is 22.7 Å². The largest absolute Gasteiger partial charge is 0.334 e. The molecule has 9 aromatic carbocycles. The van der Waals surface area contributed by atoms with Gasteiger partial charge in [0.1, 0.15) is 0 Å². The lowest BCUT2D eigenvalue weighted by molar-refractivity contribution is 0.154. The van der Waals surface area contributed by atoms with E-state index >= 15 is 0 Å². The van der Waals surface area contributed by atoms with E-state index in [0.717, 1.165) is 0 Å². The zero-order chi connectivity index (χ0) is 47.6. The standard InChI is InChI=1S/C68H64N2/c1-45-35-37-65(3)59-41-51(29-33-61(59)69(67(65,5)43-45)53-23-15-9-16-24-53)49-27-31-55-57(39-49)63(47-19-11-7-12-20-47)56-32-28-50(40-58(56)64(55)48-21-13-8-14-22-48)52-30-34-62-60(42-52)66(4)38-36-46(2)44-68(66,6)70(62)54-25-17-10-18-26-54/h7-34,39-42,45-46H,35-38,43-44H2,1-6H3. The zero-order valence-corrected chi connectivity index (χ0v) is 41.8. The van der Waals surface area contributed by atoms with Gasteiger partial charge in [-0.25, -0.2) is 0 Å². The Balaban J connectivity index is 1.00. The second kappa shape index (κ2) is 15.8. The third-order valence-corrected chi connectivity index (χ3v) is 18.7. The molecule has 2 heterocycles. The van der Waals surface area contributed by atoms with Gasteiger partial charge in [-0.1, -0.05) is 161 Å². The molecule has 70 heavy (non-hydrogen) atoms. The van der Waals surface area contributed by atoms with Gasteiger partial charge in [-0.2, -0.15) is 0 Å². The second-order valence-electron chi connectivity index (χ2n) is 22.7. The van der Waals surface area contributed by atoms with Gasteiger partial charge in [-0.15, -0.1) is 0 Å². The monoisotopic (exact) mass is 909 g/mol. The molecule has 6 unspecified atom stereocenters. The SMILES string of the molecule is CC1CCC2(C)c3cc(-c4ccc5c(-c6ccccc6)c6cc(-c7ccc8c(c7)C7(C)CCC(C)CC7(C)N8c7ccccc7)ccc6c(-c6ccccc6)c5c4)ccc3N(c3ccccc3)C2(C)C1. The molecule has 0 saturated heterocycles. The van der Waals surface area contributed by atoms with Crippen molar-refractivity contribution in [2.24, 2.45) is 11.8 Å². The summed E-state index contributed by atoms with van der Waals surface area (Å²) in [5, 5.41) is 5.13. The van der Waals surface area contributed by atoms with E-state index in [1.807, 2.05) is 0 Å². The van der Waals surface area contributed by atoms with Crippen LogP contribution >= 0.6 is 0 Å². The van der Waals surface area contributed by atoms with Crippen molar-refractivity contribution in [1.29, 1.82) is 0 Å². The molecule has 2 heteroatoms. The Morgan fingerprint density at radius 1 is 0.357 bits per heavy atom. The van der Waals surface area contributed by atoms with Crippen LogP contribution in [-0.2, 0) is 10.8 Å². The van der Waals surface area contributed by atoms with Crippen molar-refractivity contribution >= 4 is 44.3 Å². The Morgan fingerprint density at radius 2 is 0.700 bits per heavy atom. The van der Waals surface area contributed by atoms with E-state index in [9.17, 15) is 0 Å². The van der Waals surface area contributed by atoms with E-state index in [4.69, 9.17) is 0 Å². The van der Waals surface area contributed by atoms with Crippen LogP contribution in [-0.4, -0.2) is 11.1 Å². The normalized spacial score (nSPS) is 25.7. The van der Waals surface area contributed by atoms with E-state index in [1.165, 1.54) is 138 Å². The molecular formula is C68H64N2. The Morgan fingerprint density at radius 3 is 1.09 bits per heavy atom. The molecule has 13 rings (SSSR count). The third-order valence-electron chi connectivity index (χ3n) is 18.7. The minimum Gasteiger partial charge on any atom is -0.334 e. The van der Waals surface area contributed by atoms with Crippen molar-refractivity contribution in [3.05, 3.63) is 205 Å². The van der Waals surface area contributed by atoms with Gasteiger partial charge in [-0.05, 0) is 202 Å². The average Bonchev–Trinajstić information content (AvgIpc) is 3.72. The fourth-order valence-electron chi connectivity index (χ4n) is 14.8. The summed E-state index contributed by atoms with van der Waals surface area (Å²) in [7, 11) is 0. The maximum atomic E-state index is 2.69. The number of rotatable bonds is 6. The first-order valence-corrected chi connectivity index (χ1v) is 26.1. The van der Waals surface area contributed by atoms with Crippen LogP contribution < -0.4 is 9.80 Å². The molecule has 0 bridgehead atoms. The predicted molar refractivity (Wildman–Crippen MR) is 298 cm³/mol. The van der Waals surface area contributed by atoms with E-state index in [-0.39, 0.29) is 21.9 Å². The number of anilines is 4.